The van der Waals surface area contributed by atoms with Crippen molar-refractivity contribution in [1.29, 1.82) is 0 Å². The maximum Gasteiger partial charge on any atom is 0.0491 e. The Hall–Kier alpha value is -1.06. The van der Waals surface area contributed by atoms with Crippen molar-refractivity contribution in [1.82, 2.24) is 4.90 Å². The quantitative estimate of drug-likeness (QED) is 0.816. The fraction of sp³-hybridized carbons (Fsp3) is 0.700. The molecule has 2 atom stereocenters. The molecule has 0 aliphatic carbocycles. The monoisotopic (exact) mass is 316 g/mol. The van der Waals surface area contributed by atoms with Crippen molar-refractivity contribution in [2.24, 2.45) is 5.92 Å². The van der Waals surface area contributed by atoms with Crippen molar-refractivity contribution in [2.45, 2.75) is 52.0 Å². The third kappa shape index (κ3) is 3.72. The summed E-state index contributed by atoms with van der Waals surface area (Å²) in [4.78, 5) is 5.15. The van der Waals surface area contributed by atoms with Gasteiger partial charge in [0.15, 0.2) is 0 Å². The molecule has 2 unspecified atom stereocenters. The maximum atomic E-state index is 9.95. The van der Waals surface area contributed by atoms with Gasteiger partial charge in [0, 0.05) is 43.9 Å². The summed E-state index contributed by atoms with van der Waals surface area (Å²) in [6.45, 7) is 9.31. The van der Waals surface area contributed by atoms with Crippen LogP contribution in [0.4, 0.5) is 5.69 Å². The van der Waals surface area contributed by atoms with E-state index in [1.807, 2.05) is 0 Å². The summed E-state index contributed by atoms with van der Waals surface area (Å²) in [5.74, 6) is 0.387. The molecule has 0 radical (unpaired) electrons. The highest BCUT2D eigenvalue weighted by atomic mass is 16.3. The lowest BCUT2D eigenvalue weighted by Crippen LogP contribution is -2.52. The van der Waals surface area contributed by atoms with Crippen molar-refractivity contribution >= 4 is 5.69 Å². The number of anilines is 1. The van der Waals surface area contributed by atoms with Crippen LogP contribution in [-0.2, 0) is 6.42 Å². The Balaban J connectivity index is 1.65. The Labute approximate surface area is 141 Å². The van der Waals surface area contributed by atoms with E-state index in [4.69, 9.17) is 0 Å². The normalized spacial score (nSPS) is 24.9. The second-order valence-electron chi connectivity index (χ2n) is 7.38. The minimum Gasteiger partial charge on any atom is -0.396 e. The minimum absolute atomic E-state index is 0.312. The molecule has 0 aromatic heterocycles. The molecule has 1 saturated heterocycles. The molecule has 0 amide bonds. The number of piperidine rings is 1. The molecule has 2 heterocycles. The lowest BCUT2D eigenvalue weighted by Gasteiger charge is -2.43. The van der Waals surface area contributed by atoms with Crippen molar-refractivity contribution in [3.8, 4) is 0 Å². The van der Waals surface area contributed by atoms with Gasteiger partial charge >= 0.3 is 0 Å². The van der Waals surface area contributed by atoms with Gasteiger partial charge in [-0.25, -0.2) is 0 Å². The third-order valence-electron chi connectivity index (χ3n) is 5.66. The fourth-order valence-electron chi connectivity index (χ4n) is 4.37. The zero-order valence-corrected chi connectivity index (χ0v) is 14.8. The van der Waals surface area contributed by atoms with E-state index in [9.17, 15) is 5.11 Å². The molecule has 1 aromatic rings. The van der Waals surface area contributed by atoms with E-state index < -0.39 is 0 Å². The first-order valence-corrected chi connectivity index (χ1v) is 9.42. The number of hydrogen-bond donors (Lipinski definition) is 1. The van der Waals surface area contributed by atoms with Crippen LogP contribution in [0.15, 0.2) is 18.2 Å². The Morgan fingerprint density at radius 3 is 2.87 bits per heavy atom. The third-order valence-corrected chi connectivity index (χ3v) is 5.66. The van der Waals surface area contributed by atoms with Crippen molar-refractivity contribution in [3.05, 3.63) is 29.3 Å². The molecule has 0 saturated carbocycles. The molecule has 1 aromatic carbocycles. The number of rotatable bonds is 6. The van der Waals surface area contributed by atoms with Crippen molar-refractivity contribution in [2.75, 3.05) is 37.7 Å². The molecule has 3 rings (SSSR count). The highest BCUT2D eigenvalue weighted by molar-refractivity contribution is 5.60. The van der Waals surface area contributed by atoms with E-state index >= 15 is 0 Å². The number of aryl methyl sites for hydroxylation is 1. The number of aliphatic hydroxyl groups excluding tert-OH is 1. The molecule has 0 spiro atoms. The topological polar surface area (TPSA) is 26.7 Å². The minimum atomic E-state index is 0.312. The summed E-state index contributed by atoms with van der Waals surface area (Å²) in [5.41, 5.74) is 4.26. The Bertz CT molecular complexity index is 516. The predicted molar refractivity (Wildman–Crippen MR) is 97.2 cm³/mol. The second-order valence-corrected chi connectivity index (χ2v) is 7.38. The highest BCUT2D eigenvalue weighted by Crippen LogP contribution is 2.35. The van der Waals surface area contributed by atoms with Gasteiger partial charge in [-0.15, -0.1) is 0 Å². The molecule has 3 heteroatoms. The Kier molecular flexibility index (Phi) is 5.60. The summed E-state index contributed by atoms with van der Waals surface area (Å²) < 4.78 is 0. The predicted octanol–water partition coefficient (Wildman–Crippen LogP) is 3.23. The molecular weight excluding hydrogens is 284 g/mol. The first-order chi connectivity index (χ1) is 11.2. The Morgan fingerprint density at radius 1 is 1.22 bits per heavy atom. The molecule has 1 N–H and O–H groups in total. The van der Waals surface area contributed by atoms with E-state index in [1.54, 1.807) is 0 Å². The van der Waals surface area contributed by atoms with Crippen LogP contribution < -0.4 is 4.90 Å². The average Bonchev–Trinajstić information content (AvgIpc) is 2.97. The maximum absolute atomic E-state index is 9.95. The van der Waals surface area contributed by atoms with Gasteiger partial charge in [-0.3, -0.25) is 0 Å². The van der Waals surface area contributed by atoms with Crippen molar-refractivity contribution in [3.63, 3.8) is 0 Å². The molecule has 0 bridgehead atoms. The number of unbranched alkanes of at least 4 members (excludes halogenated alkanes) is 2. The van der Waals surface area contributed by atoms with E-state index in [0.717, 1.165) is 19.5 Å². The van der Waals surface area contributed by atoms with Crippen LogP contribution >= 0.6 is 0 Å². The highest BCUT2D eigenvalue weighted by Gasteiger charge is 2.35. The number of fused-ring (bicyclic) bond motifs is 1. The first kappa shape index (κ1) is 16.8. The van der Waals surface area contributed by atoms with Crippen molar-refractivity contribution < 1.29 is 5.11 Å². The molecule has 2 aliphatic rings. The number of benzene rings is 1. The van der Waals surface area contributed by atoms with Crippen LogP contribution in [0.1, 0.15) is 43.7 Å². The van der Waals surface area contributed by atoms with Crippen LogP contribution in [0.25, 0.3) is 0 Å². The summed E-state index contributed by atoms with van der Waals surface area (Å²) in [7, 11) is 0. The molecule has 1 fully saturated rings. The summed E-state index contributed by atoms with van der Waals surface area (Å²) in [6.07, 6.45) is 6.24. The van der Waals surface area contributed by atoms with Gasteiger partial charge in [0.2, 0.25) is 0 Å². The lowest BCUT2D eigenvalue weighted by atomic mass is 9.91. The first-order valence-electron chi connectivity index (χ1n) is 9.42. The lowest BCUT2D eigenvalue weighted by molar-refractivity contribution is 0.0996. The largest absolute Gasteiger partial charge is 0.396 e. The summed E-state index contributed by atoms with van der Waals surface area (Å²) >= 11 is 0. The molecule has 2 aliphatic heterocycles. The smallest absolute Gasteiger partial charge is 0.0491 e. The van der Waals surface area contributed by atoms with Gasteiger partial charge in [0.25, 0.3) is 0 Å². The fourth-order valence-corrected chi connectivity index (χ4v) is 4.37. The van der Waals surface area contributed by atoms with E-state index in [2.05, 4.69) is 41.8 Å². The van der Waals surface area contributed by atoms with Crippen LogP contribution in [0.3, 0.4) is 0 Å². The average molecular weight is 316 g/mol. The van der Waals surface area contributed by atoms with Gasteiger partial charge < -0.3 is 14.9 Å². The van der Waals surface area contributed by atoms with Crippen LogP contribution in [0.2, 0.25) is 0 Å². The molecule has 3 nitrogen and oxygen atoms in total. The number of hydrogen-bond acceptors (Lipinski definition) is 3. The number of likely N-dealkylation sites (tertiary alicyclic amines) is 1. The van der Waals surface area contributed by atoms with E-state index in [1.165, 1.54) is 55.6 Å². The summed E-state index contributed by atoms with van der Waals surface area (Å²) in [6, 6.07) is 7.36. The van der Waals surface area contributed by atoms with Gasteiger partial charge in [0.1, 0.15) is 0 Å². The molecule has 23 heavy (non-hydrogen) atoms. The zero-order chi connectivity index (χ0) is 16.2. The van der Waals surface area contributed by atoms with Gasteiger partial charge in [-0.1, -0.05) is 37.5 Å². The van der Waals surface area contributed by atoms with Crippen LogP contribution in [0.5, 0.6) is 0 Å². The zero-order valence-electron chi connectivity index (χ0n) is 14.8. The number of nitrogens with zero attached hydrogens (tertiary/aromatic N) is 2. The summed E-state index contributed by atoms with van der Waals surface area (Å²) in [5, 5.41) is 9.95. The van der Waals surface area contributed by atoms with E-state index in [-0.39, 0.29) is 0 Å². The van der Waals surface area contributed by atoms with Crippen LogP contribution in [-0.4, -0.2) is 48.8 Å². The Morgan fingerprint density at radius 2 is 2.09 bits per heavy atom. The standard InChI is InChI=1S/C20H32N2O/c1-3-4-5-10-21-11-9-20(18(14-21)15-23)22-12-8-17-13-16(2)6-7-19(17)22/h6-7,13,18,20,23H,3-5,8-12,14-15H2,1-2H3. The SMILES string of the molecule is CCCCCN1CCC(N2CCc3cc(C)ccc32)C(CO)C1. The van der Waals surface area contributed by atoms with Crippen LogP contribution in [0, 0.1) is 12.8 Å². The van der Waals surface area contributed by atoms with E-state index in [0.29, 0.717) is 18.6 Å². The molecule has 128 valence electrons. The van der Waals surface area contributed by atoms with Gasteiger partial charge in [-0.05, 0) is 44.4 Å². The van der Waals surface area contributed by atoms with Gasteiger partial charge in [-0.2, -0.15) is 0 Å². The second kappa shape index (κ2) is 7.67. The number of aliphatic hydroxyl groups is 1. The molecular formula is C20H32N2O. The van der Waals surface area contributed by atoms with Gasteiger partial charge in [0.05, 0.1) is 0 Å².